The quantitative estimate of drug-likeness (QED) is 0.565. The predicted octanol–water partition coefficient (Wildman–Crippen LogP) is -0.204. The van der Waals surface area contributed by atoms with E-state index in [2.05, 4.69) is 0 Å². The molecule has 0 aliphatic rings. The molecule has 0 bridgehead atoms. The molecule has 2 N–H and O–H groups in total. The van der Waals surface area contributed by atoms with Crippen LogP contribution in [0.2, 0.25) is 0 Å². The van der Waals surface area contributed by atoms with E-state index in [1.54, 1.807) is 0 Å². The van der Waals surface area contributed by atoms with Gasteiger partial charge in [0.2, 0.25) is 0 Å². The molecule has 0 aromatic heterocycles. The zero-order valence-electron chi connectivity index (χ0n) is 9.68. The van der Waals surface area contributed by atoms with E-state index in [-0.39, 0.29) is 19.3 Å². The molecule has 3 atom stereocenters. The Kier molecular flexibility index (Phi) is 8.94. The molecule has 92 valence electrons. The number of ether oxygens (including phenoxy) is 3. The normalized spacial score (nSPS) is 17.4. The molecule has 0 spiro atoms. The van der Waals surface area contributed by atoms with Crippen molar-refractivity contribution in [1.82, 2.24) is 0 Å². The topological polar surface area (TPSA) is 68.2 Å². The fourth-order valence-electron chi connectivity index (χ4n) is 1.15. The number of aliphatic hydroxyl groups is 2. The second-order valence-corrected chi connectivity index (χ2v) is 3.35. The maximum absolute atomic E-state index is 9.53. The van der Waals surface area contributed by atoms with Gasteiger partial charge in [-0.05, 0) is 13.8 Å². The summed E-state index contributed by atoms with van der Waals surface area (Å²) in [5, 5.41) is 18.5. The van der Waals surface area contributed by atoms with E-state index in [1.165, 1.54) is 7.11 Å². The van der Waals surface area contributed by atoms with Gasteiger partial charge >= 0.3 is 0 Å². The highest BCUT2D eigenvalue weighted by Crippen LogP contribution is 2.04. The molecule has 0 fully saturated rings. The van der Waals surface area contributed by atoms with Crippen LogP contribution in [0.1, 0.15) is 13.8 Å². The Labute approximate surface area is 91.0 Å². The zero-order valence-corrected chi connectivity index (χ0v) is 9.68. The van der Waals surface area contributed by atoms with Crippen molar-refractivity contribution in [2.45, 2.75) is 32.2 Å². The van der Waals surface area contributed by atoms with Crippen molar-refractivity contribution >= 4 is 0 Å². The zero-order chi connectivity index (χ0) is 11.7. The third-order valence-corrected chi connectivity index (χ3v) is 1.91. The van der Waals surface area contributed by atoms with Gasteiger partial charge in [-0.1, -0.05) is 0 Å². The molecule has 0 aliphatic heterocycles. The van der Waals surface area contributed by atoms with Crippen LogP contribution in [0.25, 0.3) is 0 Å². The lowest BCUT2D eigenvalue weighted by atomic mass is 10.2. The van der Waals surface area contributed by atoms with Crippen molar-refractivity contribution in [3.8, 4) is 0 Å². The summed E-state index contributed by atoms with van der Waals surface area (Å²) in [6, 6.07) is 0. The van der Waals surface area contributed by atoms with Gasteiger partial charge in [-0.2, -0.15) is 0 Å². The number of hydrogen-bond donors (Lipinski definition) is 2. The average molecular weight is 222 g/mol. The summed E-state index contributed by atoms with van der Waals surface area (Å²) in [4.78, 5) is 0. The second-order valence-electron chi connectivity index (χ2n) is 3.35. The minimum absolute atomic E-state index is 0.145. The van der Waals surface area contributed by atoms with Crippen molar-refractivity contribution < 1.29 is 24.4 Å². The molecule has 0 aromatic carbocycles. The van der Waals surface area contributed by atoms with Gasteiger partial charge in [0.25, 0.3) is 0 Å². The SMILES string of the molecule is CCOCC(C)OC(CO)C(O)COC. The van der Waals surface area contributed by atoms with Crippen LogP contribution in [-0.2, 0) is 14.2 Å². The van der Waals surface area contributed by atoms with Crippen LogP contribution in [0, 0.1) is 0 Å². The predicted molar refractivity (Wildman–Crippen MR) is 55.8 cm³/mol. The molecule has 0 amide bonds. The van der Waals surface area contributed by atoms with Crippen molar-refractivity contribution in [1.29, 1.82) is 0 Å². The van der Waals surface area contributed by atoms with Crippen LogP contribution in [0.3, 0.4) is 0 Å². The Morgan fingerprint density at radius 1 is 1.27 bits per heavy atom. The lowest BCUT2D eigenvalue weighted by Crippen LogP contribution is -2.39. The number of methoxy groups -OCH3 is 1. The minimum Gasteiger partial charge on any atom is -0.394 e. The molecule has 0 radical (unpaired) electrons. The first-order valence-electron chi connectivity index (χ1n) is 5.16. The van der Waals surface area contributed by atoms with Crippen molar-refractivity contribution in [2.24, 2.45) is 0 Å². The summed E-state index contributed by atoms with van der Waals surface area (Å²) >= 11 is 0. The molecule has 5 nitrogen and oxygen atoms in total. The molecule has 15 heavy (non-hydrogen) atoms. The molecule has 3 unspecified atom stereocenters. The molecule has 0 saturated heterocycles. The Balaban J connectivity index is 3.85. The van der Waals surface area contributed by atoms with E-state index in [1.807, 2.05) is 13.8 Å². The minimum atomic E-state index is -0.816. The first-order chi connectivity index (χ1) is 7.15. The fourth-order valence-corrected chi connectivity index (χ4v) is 1.15. The van der Waals surface area contributed by atoms with E-state index in [0.29, 0.717) is 13.2 Å². The Hall–Kier alpha value is -0.200. The van der Waals surface area contributed by atoms with Gasteiger partial charge in [0.15, 0.2) is 0 Å². The standard InChI is InChI=1S/C10H22O5/c1-4-14-6-8(2)15-10(5-11)9(12)7-13-3/h8-12H,4-7H2,1-3H3. The highest BCUT2D eigenvalue weighted by atomic mass is 16.6. The Morgan fingerprint density at radius 2 is 1.93 bits per heavy atom. The first-order valence-corrected chi connectivity index (χ1v) is 5.16. The Bertz CT molecular complexity index is 142. The first kappa shape index (κ1) is 14.8. The average Bonchev–Trinajstić information content (AvgIpc) is 2.23. The van der Waals surface area contributed by atoms with Gasteiger partial charge in [0, 0.05) is 13.7 Å². The van der Waals surface area contributed by atoms with E-state index in [0.717, 1.165) is 0 Å². The summed E-state index contributed by atoms with van der Waals surface area (Å²) in [6.07, 6.45) is -1.60. The number of hydrogen-bond acceptors (Lipinski definition) is 5. The van der Waals surface area contributed by atoms with Crippen LogP contribution in [-0.4, -0.2) is 62.1 Å². The van der Waals surface area contributed by atoms with E-state index in [9.17, 15) is 5.11 Å². The number of aliphatic hydroxyl groups excluding tert-OH is 2. The Morgan fingerprint density at radius 3 is 2.40 bits per heavy atom. The van der Waals surface area contributed by atoms with Crippen LogP contribution < -0.4 is 0 Å². The molecular weight excluding hydrogens is 200 g/mol. The third kappa shape index (κ3) is 6.81. The van der Waals surface area contributed by atoms with Gasteiger partial charge in [-0.25, -0.2) is 0 Å². The molecule has 0 rings (SSSR count). The third-order valence-electron chi connectivity index (χ3n) is 1.91. The van der Waals surface area contributed by atoms with Gasteiger partial charge in [0.05, 0.1) is 25.9 Å². The molecular formula is C10H22O5. The van der Waals surface area contributed by atoms with Crippen LogP contribution >= 0.6 is 0 Å². The lowest BCUT2D eigenvalue weighted by Gasteiger charge is -2.24. The van der Waals surface area contributed by atoms with Crippen LogP contribution in [0.5, 0.6) is 0 Å². The molecule has 5 heteroatoms. The van der Waals surface area contributed by atoms with Crippen molar-refractivity contribution in [3.05, 3.63) is 0 Å². The monoisotopic (exact) mass is 222 g/mol. The molecule has 0 aliphatic carbocycles. The van der Waals surface area contributed by atoms with Gasteiger partial charge in [-0.3, -0.25) is 0 Å². The largest absolute Gasteiger partial charge is 0.394 e. The highest BCUT2D eigenvalue weighted by Gasteiger charge is 2.21. The van der Waals surface area contributed by atoms with Crippen LogP contribution in [0.15, 0.2) is 0 Å². The highest BCUT2D eigenvalue weighted by molar-refractivity contribution is 4.69. The van der Waals surface area contributed by atoms with Crippen LogP contribution in [0.4, 0.5) is 0 Å². The van der Waals surface area contributed by atoms with Gasteiger partial charge in [0.1, 0.15) is 12.2 Å². The fraction of sp³-hybridized carbons (Fsp3) is 1.00. The smallest absolute Gasteiger partial charge is 0.109 e. The number of rotatable bonds is 9. The van der Waals surface area contributed by atoms with E-state index in [4.69, 9.17) is 19.3 Å². The maximum Gasteiger partial charge on any atom is 0.109 e. The van der Waals surface area contributed by atoms with Gasteiger partial charge < -0.3 is 24.4 Å². The van der Waals surface area contributed by atoms with Crippen molar-refractivity contribution in [2.75, 3.05) is 33.5 Å². The van der Waals surface area contributed by atoms with Crippen molar-refractivity contribution in [3.63, 3.8) is 0 Å². The summed E-state index contributed by atoms with van der Waals surface area (Å²) in [5.41, 5.74) is 0. The van der Waals surface area contributed by atoms with E-state index < -0.39 is 12.2 Å². The molecule has 0 heterocycles. The second kappa shape index (κ2) is 9.06. The van der Waals surface area contributed by atoms with E-state index >= 15 is 0 Å². The summed E-state index contributed by atoms with van der Waals surface area (Å²) in [6.45, 7) is 4.71. The summed E-state index contributed by atoms with van der Waals surface area (Å²) in [5.74, 6) is 0. The summed E-state index contributed by atoms with van der Waals surface area (Å²) < 4.78 is 15.3. The molecule has 0 saturated carbocycles. The summed E-state index contributed by atoms with van der Waals surface area (Å²) in [7, 11) is 1.49. The maximum atomic E-state index is 9.53. The lowest BCUT2D eigenvalue weighted by molar-refractivity contribution is -0.123. The van der Waals surface area contributed by atoms with Gasteiger partial charge in [-0.15, -0.1) is 0 Å². The molecule has 0 aromatic rings.